The topological polar surface area (TPSA) is 95.7 Å². The molecule has 0 aliphatic rings. The molecule has 0 aromatic heterocycles. The SMILES string of the molecule is COC(=O)c1cc(C(=O)OCc2ccccc2F)cc([N+](=O)[O-])c1. The van der Waals surface area contributed by atoms with Gasteiger partial charge in [0.2, 0.25) is 0 Å². The van der Waals surface area contributed by atoms with Gasteiger partial charge in [0.1, 0.15) is 12.4 Å². The third kappa shape index (κ3) is 3.92. The summed E-state index contributed by atoms with van der Waals surface area (Å²) in [7, 11) is 1.11. The molecule has 0 saturated heterocycles. The number of benzene rings is 2. The lowest BCUT2D eigenvalue weighted by Gasteiger charge is -2.07. The summed E-state index contributed by atoms with van der Waals surface area (Å²) < 4.78 is 22.9. The molecular formula is C16H12FNO6. The quantitative estimate of drug-likeness (QED) is 0.474. The molecule has 0 radical (unpaired) electrons. The highest BCUT2D eigenvalue weighted by Gasteiger charge is 2.19. The van der Waals surface area contributed by atoms with Crippen molar-refractivity contribution in [1.82, 2.24) is 0 Å². The van der Waals surface area contributed by atoms with Crippen molar-refractivity contribution in [2.24, 2.45) is 0 Å². The first-order valence-corrected chi connectivity index (χ1v) is 6.70. The highest BCUT2D eigenvalue weighted by atomic mass is 19.1. The monoisotopic (exact) mass is 333 g/mol. The van der Waals surface area contributed by atoms with Gasteiger partial charge in [0, 0.05) is 17.7 Å². The van der Waals surface area contributed by atoms with Crippen molar-refractivity contribution in [3.63, 3.8) is 0 Å². The second-order valence-electron chi connectivity index (χ2n) is 4.68. The lowest BCUT2D eigenvalue weighted by Crippen LogP contribution is -2.10. The van der Waals surface area contributed by atoms with Crippen LogP contribution in [0, 0.1) is 15.9 Å². The molecule has 24 heavy (non-hydrogen) atoms. The lowest BCUT2D eigenvalue weighted by atomic mass is 10.1. The minimum absolute atomic E-state index is 0.157. The van der Waals surface area contributed by atoms with Crippen LogP contribution < -0.4 is 0 Å². The molecule has 0 N–H and O–H groups in total. The van der Waals surface area contributed by atoms with Gasteiger partial charge in [0.15, 0.2) is 0 Å². The first-order chi connectivity index (χ1) is 11.4. The standard InChI is InChI=1S/C16H12FNO6/c1-23-15(19)11-6-12(8-13(7-11)18(21)22)16(20)24-9-10-4-2-3-5-14(10)17/h2-8H,9H2,1H3. The highest BCUT2D eigenvalue weighted by molar-refractivity contribution is 5.96. The van der Waals surface area contributed by atoms with Crippen LogP contribution in [0.2, 0.25) is 0 Å². The molecule has 7 nitrogen and oxygen atoms in total. The fraction of sp³-hybridized carbons (Fsp3) is 0.125. The smallest absolute Gasteiger partial charge is 0.338 e. The molecule has 8 heteroatoms. The number of esters is 2. The van der Waals surface area contributed by atoms with Gasteiger partial charge in [0.25, 0.3) is 5.69 Å². The molecule has 0 aliphatic heterocycles. The van der Waals surface area contributed by atoms with Crippen LogP contribution in [-0.4, -0.2) is 24.0 Å². The van der Waals surface area contributed by atoms with Crippen LogP contribution in [0.4, 0.5) is 10.1 Å². The molecule has 124 valence electrons. The van der Waals surface area contributed by atoms with Crippen LogP contribution in [0.25, 0.3) is 0 Å². The second-order valence-corrected chi connectivity index (χ2v) is 4.68. The summed E-state index contributed by atoms with van der Waals surface area (Å²) in [5, 5.41) is 10.9. The molecule has 0 bridgehead atoms. The minimum atomic E-state index is -0.924. The molecule has 2 aromatic carbocycles. The van der Waals surface area contributed by atoms with Crippen molar-refractivity contribution in [3.8, 4) is 0 Å². The van der Waals surface area contributed by atoms with Gasteiger partial charge in [-0.2, -0.15) is 0 Å². The number of methoxy groups -OCH3 is 1. The van der Waals surface area contributed by atoms with Crippen LogP contribution in [0.1, 0.15) is 26.3 Å². The largest absolute Gasteiger partial charge is 0.465 e. The Balaban J connectivity index is 2.25. The second kappa shape index (κ2) is 7.32. The predicted molar refractivity (Wildman–Crippen MR) is 80.0 cm³/mol. The maximum absolute atomic E-state index is 13.5. The zero-order chi connectivity index (χ0) is 17.7. The molecule has 2 aromatic rings. The van der Waals surface area contributed by atoms with E-state index < -0.39 is 28.4 Å². The number of nitro groups is 1. The number of hydrogen-bond donors (Lipinski definition) is 0. The highest BCUT2D eigenvalue weighted by Crippen LogP contribution is 2.19. The average Bonchev–Trinajstić information content (AvgIpc) is 2.59. The van der Waals surface area contributed by atoms with E-state index in [1.54, 1.807) is 6.07 Å². The summed E-state index contributed by atoms with van der Waals surface area (Å²) in [5.41, 5.74) is -0.675. The Bertz CT molecular complexity index is 805. The van der Waals surface area contributed by atoms with E-state index in [1.165, 1.54) is 18.2 Å². The van der Waals surface area contributed by atoms with Gasteiger partial charge < -0.3 is 9.47 Å². The van der Waals surface area contributed by atoms with Gasteiger partial charge in [-0.05, 0) is 12.1 Å². The number of halogens is 1. The summed E-state index contributed by atoms with van der Waals surface area (Å²) in [6, 6.07) is 8.79. The Morgan fingerprint density at radius 3 is 2.33 bits per heavy atom. The van der Waals surface area contributed by atoms with Crippen LogP contribution in [0.5, 0.6) is 0 Å². The zero-order valence-electron chi connectivity index (χ0n) is 12.5. The third-order valence-electron chi connectivity index (χ3n) is 3.10. The van der Waals surface area contributed by atoms with Crippen LogP contribution in [0.15, 0.2) is 42.5 Å². The summed E-state index contributed by atoms with van der Waals surface area (Å²) in [5.74, 6) is -2.30. The van der Waals surface area contributed by atoms with Gasteiger partial charge in [-0.1, -0.05) is 18.2 Å². The molecule has 0 unspecified atom stereocenters. The fourth-order valence-electron chi connectivity index (χ4n) is 1.91. The Hall–Kier alpha value is -3.29. The van der Waals surface area contributed by atoms with E-state index in [2.05, 4.69) is 4.74 Å². The fourth-order valence-corrected chi connectivity index (χ4v) is 1.91. The number of carbonyl (C=O) groups excluding carboxylic acids is 2. The molecule has 0 amide bonds. The summed E-state index contributed by atoms with van der Waals surface area (Å²) >= 11 is 0. The third-order valence-corrected chi connectivity index (χ3v) is 3.10. The van der Waals surface area contributed by atoms with Gasteiger partial charge >= 0.3 is 11.9 Å². The summed E-state index contributed by atoms with van der Waals surface area (Å²) in [6.45, 7) is -0.345. The molecule has 0 fully saturated rings. The molecule has 0 heterocycles. The van der Waals surface area contributed by atoms with Crippen LogP contribution >= 0.6 is 0 Å². The van der Waals surface area contributed by atoms with E-state index in [1.807, 2.05) is 0 Å². The predicted octanol–water partition coefficient (Wildman–Crippen LogP) is 2.88. The van der Waals surface area contributed by atoms with Crippen molar-refractivity contribution < 1.29 is 28.4 Å². The first kappa shape index (κ1) is 17.1. The maximum Gasteiger partial charge on any atom is 0.338 e. The number of rotatable bonds is 5. The Labute approximate surface area is 135 Å². The average molecular weight is 333 g/mol. The van der Waals surface area contributed by atoms with E-state index in [0.29, 0.717) is 0 Å². The molecule has 0 aliphatic carbocycles. The summed E-state index contributed by atoms with van der Waals surface area (Å²) in [6.07, 6.45) is 0. The van der Waals surface area contributed by atoms with Gasteiger partial charge in [0.05, 0.1) is 23.2 Å². The molecular weight excluding hydrogens is 321 g/mol. The molecule has 0 atom stereocenters. The number of hydrogen-bond acceptors (Lipinski definition) is 6. The lowest BCUT2D eigenvalue weighted by molar-refractivity contribution is -0.384. The first-order valence-electron chi connectivity index (χ1n) is 6.70. The van der Waals surface area contributed by atoms with E-state index in [0.717, 1.165) is 25.3 Å². The van der Waals surface area contributed by atoms with Crippen molar-refractivity contribution in [2.75, 3.05) is 7.11 Å². The van der Waals surface area contributed by atoms with E-state index in [9.17, 15) is 24.1 Å². The van der Waals surface area contributed by atoms with Crippen molar-refractivity contribution in [1.29, 1.82) is 0 Å². The Kier molecular flexibility index (Phi) is 5.20. The van der Waals surface area contributed by atoms with Gasteiger partial charge in [-0.3, -0.25) is 10.1 Å². The maximum atomic E-state index is 13.5. The van der Waals surface area contributed by atoms with Crippen molar-refractivity contribution >= 4 is 17.6 Å². The number of ether oxygens (including phenoxy) is 2. The molecule has 0 saturated carbocycles. The van der Waals surface area contributed by atoms with Crippen LogP contribution in [0.3, 0.4) is 0 Å². The number of non-ortho nitro benzene ring substituents is 1. The van der Waals surface area contributed by atoms with Gasteiger partial charge in [-0.25, -0.2) is 14.0 Å². The number of carbonyl (C=O) groups is 2. The van der Waals surface area contributed by atoms with Crippen molar-refractivity contribution in [3.05, 3.63) is 75.1 Å². The van der Waals surface area contributed by atoms with Crippen LogP contribution in [-0.2, 0) is 16.1 Å². The summed E-state index contributed by atoms with van der Waals surface area (Å²) in [4.78, 5) is 33.8. The molecule has 0 spiro atoms. The number of nitro benzene ring substituents is 1. The van der Waals surface area contributed by atoms with Crippen molar-refractivity contribution in [2.45, 2.75) is 6.61 Å². The van der Waals surface area contributed by atoms with Gasteiger partial charge in [-0.15, -0.1) is 0 Å². The number of nitrogens with zero attached hydrogens (tertiary/aromatic N) is 1. The Morgan fingerprint density at radius 1 is 1.12 bits per heavy atom. The zero-order valence-corrected chi connectivity index (χ0v) is 12.5. The van der Waals surface area contributed by atoms with E-state index in [-0.39, 0.29) is 23.3 Å². The minimum Gasteiger partial charge on any atom is -0.465 e. The normalized spacial score (nSPS) is 10.1. The van der Waals surface area contributed by atoms with E-state index >= 15 is 0 Å². The van der Waals surface area contributed by atoms with E-state index in [4.69, 9.17) is 4.74 Å². The Morgan fingerprint density at radius 2 is 1.75 bits per heavy atom. The molecule has 2 rings (SSSR count).